The van der Waals surface area contributed by atoms with Gasteiger partial charge in [-0.3, -0.25) is 14.9 Å². The maximum Gasteiger partial charge on any atom is 0.271 e. The van der Waals surface area contributed by atoms with Crippen LogP contribution in [0.25, 0.3) is 0 Å². The van der Waals surface area contributed by atoms with Gasteiger partial charge < -0.3 is 14.6 Å². The molecule has 0 aliphatic rings. The van der Waals surface area contributed by atoms with Crippen molar-refractivity contribution in [3.8, 4) is 5.75 Å². The molecule has 0 aliphatic heterocycles. The lowest BCUT2D eigenvalue weighted by molar-refractivity contribution is -0.384. The van der Waals surface area contributed by atoms with Gasteiger partial charge >= 0.3 is 0 Å². The maximum absolute atomic E-state index is 12.4. The van der Waals surface area contributed by atoms with Gasteiger partial charge in [-0.1, -0.05) is 11.8 Å². The summed E-state index contributed by atoms with van der Waals surface area (Å²) in [5.41, 5.74) is 0.119. The summed E-state index contributed by atoms with van der Waals surface area (Å²) >= 11 is 1.24. The fraction of sp³-hybridized carbons (Fsp3) is 0.357. The molecule has 1 amide bonds. The molecule has 0 aliphatic carbocycles. The van der Waals surface area contributed by atoms with E-state index in [1.165, 1.54) is 37.1 Å². The highest BCUT2D eigenvalue weighted by molar-refractivity contribution is 8.00. The van der Waals surface area contributed by atoms with Gasteiger partial charge in [0, 0.05) is 19.2 Å². The van der Waals surface area contributed by atoms with Crippen LogP contribution in [0.4, 0.5) is 11.4 Å². The van der Waals surface area contributed by atoms with E-state index in [-0.39, 0.29) is 17.3 Å². The highest BCUT2D eigenvalue weighted by Crippen LogP contribution is 2.30. The number of methoxy groups -OCH3 is 1. The van der Waals surface area contributed by atoms with Crippen molar-refractivity contribution in [3.05, 3.63) is 34.1 Å². The number of carbonyl (C=O) groups excluding carboxylic acids is 1. The number of nitrogens with one attached hydrogen (secondary N) is 1. The van der Waals surface area contributed by atoms with Gasteiger partial charge in [0.25, 0.3) is 5.69 Å². The molecule has 1 aromatic carbocycles. The number of aryl methyl sites for hydroxylation is 1. The minimum Gasteiger partial charge on any atom is -0.495 e. The van der Waals surface area contributed by atoms with Crippen molar-refractivity contribution in [3.63, 3.8) is 0 Å². The number of carbonyl (C=O) groups is 1. The average molecular weight is 351 g/mol. The van der Waals surface area contributed by atoms with E-state index in [2.05, 4.69) is 15.5 Å². The molecular formula is C14H17N5O4S. The Bertz CT molecular complexity index is 777. The van der Waals surface area contributed by atoms with E-state index >= 15 is 0 Å². The van der Waals surface area contributed by atoms with Crippen molar-refractivity contribution in [2.45, 2.75) is 24.3 Å². The van der Waals surface area contributed by atoms with Gasteiger partial charge in [0.2, 0.25) is 5.91 Å². The first kappa shape index (κ1) is 17.7. The minimum absolute atomic E-state index is 0.129. The molecule has 24 heavy (non-hydrogen) atoms. The second-order valence-corrected chi connectivity index (χ2v) is 6.29. The summed E-state index contributed by atoms with van der Waals surface area (Å²) < 4.78 is 6.91. The summed E-state index contributed by atoms with van der Waals surface area (Å²) in [6, 6.07) is 4.02. The van der Waals surface area contributed by atoms with Crippen LogP contribution in [0.15, 0.2) is 23.4 Å². The van der Waals surface area contributed by atoms with Gasteiger partial charge in [0.15, 0.2) is 5.16 Å². The van der Waals surface area contributed by atoms with E-state index in [1.807, 2.05) is 14.0 Å². The molecule has 1 aromatic heterocycles. The molecule has 0 unspecified atom stereocenters. The maximum atomic E-state index is 12.4. The third kappa shape index (κ3) is 3.82. The molecule has 1 N–H and O–H groups in total. The number of nitro benzene ring substituents is 1. The third-order valence-corrected chi connectivity index (χ3v) is 4.49. The molecular weight excluding hydrogens is 334 g/mol. The number of amides is 1. The number of aromatic nitrogens is 3. The second kappa shape index (κ2) is 7.30. The topological polar surface area (TPSA) is 112 Å². The monoisotopic (exact) mass is 351 g/mol. The molecule has 0 radical (unpaired) electrons. The predicted octanol–water partition coefficient (Wildman–Crippen LogP) is 2.16. The van der Waals surface area contributed by atoms with Crippen molar-refractivity contribution in [2.75, 3.05) is 12.4 Å². The van der Waals surface area contributed by atoms with Crippen LogP contribution in [0.1, 0.15) is 12.7 Å². The van der Waals surface area contributed by atoms with Crippen molar-refractivity contribution in [1.29, 1.82) is 0 Å². The van der Waals surface area contributed by atoms with Crippen LogP contribution < -0.4 is 10.1 Å². The zero-order valence-electron chi connectivity index (χ0n) is 13.6. The highest BCUT2D eigenvalue weighted by atomic mass is 32.2. The van der Waals surface area contributed by atoms with Crippen LogP contribution in [0.5, 0.6) is 5.75 Å². The summed E-state index contributed by atoms with van der Waals surface area (Å²) in [7, 11) is 3.24. The molecule has 0 spiro atoms. The van der Waals surface area contributed by atoms with Crippen molar-refractivity contribution in [2.24, 2.45) is 7.05 Å². The number of non-ortho nitro benzene ring substituents is 1. The van der Waals surface area contributed by atoms with E-state index in [1.54, 1.807) is 11.5 Å². The first-order chi connectivity index (χ1) is 11.3. The summed E-state index contributed by atoms with van der Waals surface area (Å²) in [5, 5.41) is 21.6. The normalized spacial score (nSPS) is 11.8. The Kier molecular flexibility index (Phi) is 5.39. The Morgan fingerprint density at radius 3 is 2.71 bits per heavy atom. The Morgan fingerprint density at radius 2 is 2.17 bits per heavy atom. The number of hydrogen-bond acceptors (Lipinski definition) is 7. The molecule has 0 saturated heterocycles. The number of ether oxygens (including phenoxy) is 1. The molecule has 1 atom stereocenters. The molecule has 1 heterocycles. The number of anilines is 1. The third-order valence-electron chi connectivity index (χ3n) is 3.36. The fourth-order valence-corrected chi connectivity index (χ4v) is 2.70. The van der Waals surface area contributed by atoms with Gasteiger partial charge in [0.05, 0.1) is 23.0 Å². The molecule has 0 fully saturated rings. The molecule has 0 saturated carbocycles. The van der Waals surface area contributed by atoms with Crippen molar-refractivity contribution in [1.82, 2.24) is 14.8 Å². The number of nitrogens with zero attached hydrogens (tertiary/aromatic N) is 4. The molecule has 9 nitrogen and oxygen atoms in total. The van der Waals surface area contributed by atoms with Crippen molar-refractivity contribution >= 4 is 29.0 Å². The van der Waals surface area contributed by atoms with Crippen LogP contribution in [-0.2, 0) is 11.8 Å². The van der Waals surface area contributed by atoms with E-state index in [9.17, 15) is 14.9 Å². The number of rotatable bonds is 6. The first-order valence-electron chi connectivity index (χ1n) is 6.99. The van der Waals surface area contributed by atoms with Gasteiger partial charge in [-0.05, 0) is 19.9 Å². The zero-order valence-corrected chi connectivity index (χ0v) is 14.5. The van der Waals surface area contributed by atoms with Crippen LogP contribution >= 0.6 is 11.8 Å². The fourth-order valence-electron chi connectivity index (χ4n) is 1.84. The summed E-state index contributed by atoms with van der Waals surface area (Å²) in [6.45, 7) is 3.53. The highest BCUT2D eigenvalue weighted by Gasteiger charge is 2.20. The number of nitro groups is 1. The van der Waals surface area contributed by atoms with E-state index < -0.39 is 10.2 Å². The standard InChI is InChI=1S/C14H17N5O4S/c1-8(24-14-17-16-9(2)18(14)3)13(20)15-11-7-10(19(21)22)5-6-12(11)23-4/h5-8H,1-4H3,(H,15,20)/t8-/m0/s1. The Morgan fingerprint density at radius 1 is 1.46 bits per heavy atom. The lowest BCUT2D eigenvalue weighted by atomic mass is 10.2. The Hall–Kier alpha value is -2.62. The Labute approximate surface area is 142 Å². The van der Waals surface area contributed by atoms with E-state index in [0.717, 1.165) is 5.82 Å². The first-order valence-corrected chi connectivity index (χ1v) is 7.87. The Balaban J connectivity index is 2.14. The van der Waals surface area contributed by atoms with Gasteiger partial charge in [-0.15, -0.1) is 10.2 Å². The number of benzene rings is 1. The molecule has 2 aromatic rings. The number of hydrogen-bond donors (Lipinski definition) is 1. The average Bonchev–Trinajstić information content (AvgIpc) is 2.86. The predicted molar refractivity (Wildman–Crippen MR) is 89.3 cm³/mol. The van der Waals surface area contributed by atoms with Gasteiger partial charge in [-0.2, -0.15) is 0 Å². The van der Waals surface area contributed by atoms with E-state index in [0.29, 0.717) is 10.9 Å². The summed E-state index contributed by atoms with van der Waals surface area (Å²) in [4.78, 5) is 22.7. The van der Waals surface area contributed by atoms with Crippen LogP contribution in [0.3, 0.4) is 0 Å². The molecule has 0 bridgehead atoms. The minimum atomic E-state index is -0.532. The SMILES string of the molecule is COc1ccc([N+](=O)[O-])cc1NC(=O)[C@H](C)Sc1nnc(C)n1C. The smallest absolute Gasteiger partial charge is 0.271 e. The van der Waals surface area contributed by atoms with Gasteiger partial charge in [0.1, 0.15) is 11.6 Å². The number of thioether (sulfide) groups is 1. The van der Waals surface area contributed by atoms with Gasteiger partial charge in [-0.25, -0.2) is 0 Å². The quantitative estimate of drug-likeness (QED) is 0.482. The van der Waals surface area contributed by atoms with Crippen LogP contribution in [-0.4, -0.2) is 38.0 Å². The largest absolute Gasteiger partial charge is 0.495 e. The molecule has 128 valence electrons. The summed E-state index contributed by atoms with van der Waals surface area (Å²) in [5.74, 6) is 0.769. The van der Waals surface area contributed by atoms with E-state index in [4.69, 9.17) is 4.74 Å². The van der Waals surface area contributed by atoms with Crippen molar-refractivity contribution < 1.29 is 14.5 Å². The van der Waals surface area contributed by atoms with Crippen LogP contribution in [0, 0.1) is 17.0 Å². The second-order valence-electron chi connectivity index (χ2n) is 4.98. The lowest BCUT2D eigenvalue weighted by Gasteiger charge is -2.13. The summed E-state index contributed by atoms with van der Waals surface area (Å²) in [6.07, 6.45) is 0. The molecule has 10 heteroatoms. The zero-order chi connectivity index (χ0) is 17.9. The molecule has 2 rings (SSSR count). The lowest BCUT2D eigenvalue weighted by Crippen LogP contribution is -2.23. The van der Waals surface area contributed by atoms with Crippen LogP contribution in [0.2, 0.25) is 0 Å².